The van der Waals surface area contributed by atoms with E-state index in [9.17, 15) is 9.59 Å². The van der Waals surface area contributed by atoms with Crippen molar-refractivity contribution in [2.24, 2.45) is 0 Å². The quantitative estimate of drug-likeness (QED) is 0.765. The number of anilines is 1. The fourth-order valence-electron chi connectivity index (χ4n) is 2.13. The Balaban J connectivity index is 1.82. The molecule has 1 N–H and O–H groups in total. The number of esters is 1. The van der Waals surface area contributed by atoms with Gasteiger partial charge in [-0.15, -0.1) is 0 Å². The van der Waals surface area contributed by atoms with Gasteiger partial charge in [0.25, 0.3) is 5.91 Å². The van der Waals surface area contributed by atoms with Crippen LogP contribution in [-0.4, -0.2) is 30.1 Å². The Hall–Kier alpha value is -2.60. The van der Waals surface area contributed by atoms with Crippen LogP contribution in [0.4, 0.5) is 5.82 Å². The number of benzene rings is 1. The first kappa shape index (κ1) is 18.7. The lowest BCUT2D eigenvalue weighted by Gasteiger charge is -2.13. The topological polar surface area (TPSA) is 77.5 Å². The number of amides is 1. The van der Waals surface area contributed by atoms with Gasteiger partial charge in [-0.1, -0.05) is 29.8 Å². The average Bonchev–Trinajstić information content (AvgIpc) is 2.62. The first-order chi connectivity index (χ1) is 12.0. The van der Waals surface area contributed by atoms with Crippen LogP contribution in [0.1, 0.15) is 18.9 Å². The van der Waals surface area contributed by atoms with Gasteiger partial charge >= 0.3 is 5.97 Å². The molecule has 132 valence electrons. The van der Waals surface area contributed by atoms with Crippen LogP contribution in [0.15, 0.2) is 42.6 Å². The Labute approximate surface area is 151 Å². The van der Waals surface area contributed by atoms with Gasteiger partial charge in [0, 0.05) is 12.6 Å². The van der Waals surface area contributed by atoms with Crippen molar-refractivity contribution in [1.82, 2.24) is 4.98 Å². The number of hydrogen-bond donors (Lipinski definition) is 1. The second-order valence-electron chi connectivity index (χ2n) is 5.29. The van der Waals surface area contributed by atoms with Gasteiger partial charge in [0.2, 0.25) is 0 Å². The molecular weight excluding hydrogens is 344 g/mol. The number of nitrogens with zero attached hydrogens (tertiary/aromatic N) is 1. The van der Waals surface area contributed by atoms with Gasteiger partial charge in [-0.25, -0.2) is 4.98 Å². The zero-order valence-corrected chi connectivity index (χ0v) is 14.7. The molecule has 0 bridgehead atoms. The molecule has 1 atom stereocenters. The number of hydrogen-bond acceptors (Lipinski definition) is 5. The van der Waals surface area contributed by atoms with Crippen molar-refractivity contribution in [1.29, 1.82) is 0 Å². The zero-order valence-electron chi connectivity index (χ0n) is 14.0. The number of nitrogens with one attached hydrogen (secondary N) is 1. The number of rotatable bonds is 7. The standard InChI is InChI=1S/C18H19ClN2O4/c1-12(18(23)21-16-9-8-14(19)11-20-16)25-17(22)10-7-13-5-3-4-6-15(13)24-2/h3-6,8-9,11-12H,7,10H2,1-2H3,(H,20,21,23)/t12-/m1/s1. The molecule has 0 saturated carbocycles. The highest BCUT2D eigenvalue weighted by molar-refractivity contribution is 6.30. The van der Waals surface area contributed by atoms with Crippen LogP contribution < -0.4 is 10.1 Å². The summed E-state index contributed by atoms with van der Waals surface area (Å²) >= 11 is 5.73. The third kappa shape index (κ3) is 5.76. The van der Waals surface area contributed by atoms with Crippen LogP contribution in [0.2, 0.25) is 5.02 Å². The van der Waals surface area contributed by atoms with Gasteiger partial charge in [0.1, 0.15) is 11.6 Å². The fraction of sp³-hybridized carbons (Fsp3) is 0.278. The highest BCUT2D eigenvalue weighted by Crippen LogP contribution is 2.19. The molecule has 25 heavy (non-hydrogen) atoms. The second kappa shape index (κ2) is 9.03. The molecule has 1 aromatic heterocycles. The van der Waals surface area contributed by atoms with Crippen molar-refractivity contribution in [2.45, 2.75) is 25.9 Å². The largest absolute Gasteiger partial charge is 0.496 e. The smallest absolute Gasteiger partial charge is 0.306 e. The maximum Gasteiger partial charge on any atom is 0.306 e. The molecular formula is C18H19ClN2O4. The van der Waals surface area contributed by atoms with E-state index < -0.39 is 18.0 Å². The van der Waals surface area contributed by atoms with Gasteiger partial charge in [-0.2, -0.15) is 0 Å². The summed E-state index contributed by atoms with van der Waals surface area (Å²) in [5.74, 6) is 0.138. The van der Waals surface area contributed by atoms with Crippen LogP contribution >= 0.6 is 11.6 Å². The third-order valence-corrected chi connectivity index (χ3v) is 3.67. The number of carbonyl (C=O) groups excluding carboxylic acids is 2. The minimum Gasteiger partial charge on any atom is -0.496 e. The molecule has 1 aromatic carbocycles. The molecule has 2 aromatic rings. The highest BCUT2D eigenvalue weighted by atomic mass is 35.5. The highest BCUT2D eigenvalue weighted by Gasteiger charge is 2.18. The van der Waals surface area contributed by atoms with Crippen LogP contribution in [0.25, 0.3) is 0 Å². The Morgan fingerprint density at radius 2 is 2.00 bits per heavy atom. The fourth-order valence-corrected chi connectivity index (χ4v) is 2.25. The van der Waals surface area contributed by atoms with E-state index in [0.717, 1.165) is 11.3 Å². The Morgan fingerprint density at radius 3 is 2.68 bits per heavy atom. The summed E-state index contributed by atoms with van der Waals surface area (Å²) in [7, 11) is 1.58. The van der Waals surface area contributed by atoms with Crippen molar-refractivity contribution in [2.75, 3.05) is 12.4 Å². The number of para-hydroxylation sites is 1. The summed E-state index contributed by atoms with van der Waals surface area (Å²) in [6.45, 7) is 1.51. The minimum atomic E-state index is -0.928. The van der Waals surface area contributed by atoms with Crippen LogP contribution in [0.3, 0.4) is 0 Å². The van der Waals surface area contributed by atoms with Crippen LogP contribution in [0, 0.1) is 0 Å². The van der Waals surface area contributed by atoms with Gasteiger partial charge in [-0.3, -0.25) is 9.59 Å². The van der Waals surface area contributed by atoms with Gasteiger partial charge in [0.15, 0.2) is 6.10 Å². The summed E-state index contributed by atoms with van der Waals surface area (Å²) in [5, 5.41) is 3.03. The average molecular weight is 363 g/mol. The summed E-state index contributed by atoms with van der Waals surface area (Å²) in [6.07, 6.45) is 1.11. The second-order valence-corrected chi connectivity index (χ2v) is 5.73. The molecule has 0 saturated heterocycles. The van der Waals surface area contributed by atoms with Crippen molar-refractivity contribution >= 4 is 29.3 Å². The van der Waals surface area contributed by atoms with Crippen LogP contribution in [0.5, 0.6) is 5.75 Å². The molecule has 6 nitrogen and oxygen atoms in total. The molecule has 0 aliphatic heterocycles. The molecule has 1 heterocycles. The van der Waals surface area contributed by atoms with E-state index >= 15 is 0 Å². The predicted molar refractivity (Wildman–Crippen MR) is 94.7 cm³/mol. The lowest BCUT2D eigenvalue weighted by Crippen LogP contribution is -2.30. The van der Waals surface area contributed by atoms with E-state index in [1.54, 1.807) is 19.2 Å². The van der Waals surface area contributed by atoms with Crippen molar-refractivity contribution in [3.8, 4) is 5.75 Å². The van der Waals surface area contributed by atoms with E-state index in [2.05, 4.69) is 10.3 Å². The molecule has 0 spiro atoms. The van der Waals surface area contributed by atoms with E-state index in [1.165, 1.54) is 13.1 Å². The minimum absolute atomic E-state index is 0.150. The number of pyridine rings is 1. The first-order valence-electron chi connectivity index (χ1n) is 7.73. The third-order valence-electron chi connectivity index (χ3n) is 3.45. The van der Waals surface area contributed by atoms with Gasteiger partial charge < -0.3 is 14.8 Å². The number of carbonyl (C=O) groups is 2. The Morgan fingerprint density at radius 1 is 1.24 bits per heavy atom. The monoisotopic (exact) mass is 362 g/mol. The van der Waals surface area contributed by atoms with Crippen molar-refractivity contribution in [3.05, 3.63) is 53.2 Å². The molecule has 0 unspecified atom stereocenters. The summed E-state index contributed by atoms with van der Waals surface area (Å²) in [6, 6.07) is 10.6. The molecule has 7 heteroatoms. The van der Waals surface area contributed by atoms with E-state index in [-0.39, 0.29) is 6.42 Å². The Kier molecular flexibility index (Phi) is 6.77. The lowest BCUT2D eigenvalue weighted by molar-refractivity contribution is -0.153. The first-order valence-corrected chi connectivity index (χ1v) is 8.11. The molecule has 0 radical (unpaired) electrons. The maximum atomic E-state index is 12.0. The lowest BCUT2D eigenvalue weighted by atomic mass is 10.1. The summed E-state index contributed by atoms with van der Waals surface area (Å²) in [4.78, 5) is 27.9. The number of aromatic nitrogens is 1. The summed E-state index contributed by atoms with van der Waals surface area (Å²) in [5.41, 5.74) is 0.907. The van der Waals surface area contributed by atoms with Gasteiger partial charge in [0.05, 0.1) is 12.1 Å². The zero-order chi connectivity index (χ0) is 18.2. The number of halogens is 1. The molecule has 0 fully saturated rings. The van der Waals surface area contributed by atoms with Gasteiger partial charge in [-0.05, 0) is 37.1 Å². The molecule has 0 aliphatic rings. The van der Waals surface area contributed by atoms with Crippen LogP contribution in [-0.2, 0) is 20.7 Å². The molecule has 1 amide bonds. The van der Waals surface area contributed by atoms with E-state index in [0.29, 0.717) is 17.3 Å². The number of aryl methyl sites for hydroxylation is 1. The summed E-state index contributed by atoms with van der Waals surface area (Å²) < 4.78 is 10.4. The predicted octanol–water partition coefficient (Wildman–Crippen LogP) is 3.25. The van der Waals surface area contributed by atoms with E-state index in [1.807, 2.05) is 24.3 Å². The number of ether oxygens (including phenoxy) is 2. The normalized spacial score (nSPS) is 11.5. The van der Waals surface area contributed by atoms with Crippen molar-refractivity contribution < 1.29 is 19.1 Å². The number of methoxy groups -OCH3 is 1. The maximum absolute atomic E-state index is 12.0. The Bertz CT molecular complexity index is 734. The molecule has 2 rings (SSSR count). The van der Waals surface area contributed by atoms with Crippen molar-refractivity contribution in [3.63, 3.8) is 0 Å². The SMILES string of the molecule is COc1ccccc1CCC(=O)O[C@H](C)C(=O)Nc1ccc(Cl)cn1. The van der Waals surface area contributed by atoms with E-state index in [4.69, 9.17) is 21.1 Å². The molecule has 0 aliphatic carbocycles.